The average Bonchev–Trinajstić information content (AvgIpc) is 2.08. The van der Waals surface area contributed by atoms with Crippen LogP contribution in [0.5, 0.6) is 0 Å². The summed E-state index contributed by atoms with van der Waals surface area (Å²) in [6, 6.07) is 0.447. The SMILES string of the molecule is COCC(CCCN)NCC(C)(C)C. The highest BCUT2D eigenvalue weighted by atomic mass is 16.5. The third-order valence-corrected chi connectivity index (χ3v) is 2.05. The second kappa shape index (κ2) is 7.21. The zero-order chi connectivity index (χ0) is 11.0. The van der Waals surface area contributed by atoms with Crippen LogP contribution in [-0.2, 0) is 4.74 Å². The Morgan fingerprint density at radius 1 is 1.36 bits per heavy atom. The van der Waals surface area contributed by atoms with E-state index >= 15 is 0 Å². The smallest absolute Gasteiger partial charge is 0.0615 e. The second-order valence-corrected chi connectivity index (χ2v) is 5.02. The van der Waals surface area contributed by atoms with Gasteiger partial charge in [-0.2, -0.15) is 0 Å². The Balaban J connectivity index is 3.72. The first-order chi connectivity index (χ1) is 6.49. The Labute approximate surface area is 88.4 Å². The molecule has 0 amide bonds. The highest BCUT2D eigenvalue weighted by Gasteiger charge is 2.13. The molecule has 0 aromatic rings. The summed E-state index contributed by atoms with van der Waals surface area (Å²) >= 11 is 0. The molecule has 3 nitrogen and oxygen atoms in total. The van der Waals surface area contributed by atoms with Gasteiger partial charge in [-0.1, -0.05) is 20.8 Å². The van der Waals surface area contributed by atoms with E-state index in [9.17, 15) is 0 Å². The Hall–Kier alpha value is -0.120. The molecule has 0 aromatic heterocycles. The fourth-order valence-electron chi connectivity index (χ4n) is 1.26. The fourth-order valence-corrected chi connectivity index (χ4v) is 1.26. The summed E-state index contributed by atoms with van der Waals surface area (Å²) in [5.41, 5.74) is 5.81. The maximum atomic E-state index is 5.49. The van der Waals surface area contributed by atoms with Crippen molar-refractivity contribution in [3.8, 4) is 0 Å². The van der Waals surface area contributed by atoms with Crippen LogP contribution in [0.25, 0.3) is 0 Å². The minimum Gasteiger partial charge on any atom is -0.383 e. The van der Waals surface area contributed by atoms with E-state index in [4.69, 9.17) is 10.5 Å². The summed E-state index contributed by atoms with van der Waals surface area (Å²) in [7, 11) is 1.74. The lowest BCUT2D eigenvalue weighted by molar-refractivity contribution is 0.155. The Morgan fingerprint density at radius 3 is 2.43 bits per heavy atom. The zero-order valence-corrected chi connectivity index (χ0v) is 10.1. The number of ether oxygens (including phenoxy) is 1. The van der Waals surface area contributed by atoms with Crippen molar-refractivity contribution in [1.82, 2.24) is 5.32 Å². The first-order valence-electron chi connectivity index (χ1n) is 5.42. The Morgan fingerprint density at radius 2 is 2.00 bits per heavy atom. The molecule has 0 rings (SSSR count). The standard InChI is InChI=1S/C11H26N2O/c1-11(2,3)9-13-10(8-14-4)6-5-7-12/h10,13H,5-9,12H2,1-4H3. The molecule has 0 saturated heterocycles. The van der Waals surface area contributed by atoms with Crippen LogP contribution in [0.3, 0.4) is 0 Å². The van der Waals surface area contributed by atoms with Gasteiger partial charge in [-0.3, -0.25) is 0 Å². The van der Waals surface area contributed by atoms with Crippen molar-refractivity contribution < 1.29 is 4.74 Å². The molecule has 0 fully saturated rings. The van der Waals surface area contributed by atoms with Crippen LogP contribution < -0.4 is 11.1 Å². The number of rotatable bonds is 7. The van der Waals surface area contributed by atoms with Crippen molar-refractivity contribution in [2.45, 2.75) is 39.7 Å². The maximum absolute atomic E-state index is 5.49. The van der Waals surface area contributed by atoms with E-state index in [-0.39, 0.29) is 0 Å². The second-order valence-electron chi connectivity index (χ2n) is 5.02. The van der Waals surface area contributed by atoms with Crippen LogP contribution in [0.1, 0.15) is 33.6 Å². The van der Waals surface area contributed by atoms with Gasteiger partial charge in [-0.25, -0.2) is 0 Å². The number of nitrogens with one attached hydrogen (secondary N) is 1. The van der Waals surface area contributed by atoms with E-state index in [1.165, 1.54) is 0 Å². The van der Waals surface area contributed by atoms with E-state index in [2.05, 4.69) is 26.1 Å². The third-order valence-electron chi connectivity index (χ3n) is 2.05. The van der Waals surface area contributed by atoms with Crippen LogP contribution in [0.15, 0.2) is 0 Å². The van der Waals surface area contributed by atoms with Gasteiger partial charge < -0.3 is 15.8 Å². The van der Waals surface area contributed by atoms with Crippen LogP contribution in [0.4, 0.5) is 0 Å². The molecule has 14 heavy (non-hydrogen) atoms. The lowest BCUT2D eigenvalue weighted by Gasteiger charge is -2.24. The van der Waals surface area contributed by atoms with Gasteiger partial charge in [0.15, 0.2) is 0 Å². The molecule has 0 aliphatic carbocycles. The van der Waals surface area contributed by atoms with Gasteiger partial charge in [0.2, 0.25) is 0 Å². The van der Waals surface area contributed by atoms with Gasteiger partial charge in [0.1, 0.15) is 0 Å². The number of hydrogen-bond donors (Lipinski definition) is 2. The molecular formula is C11H26N2O. The van der Waals surface area contributed by atoms with E-state index < -0.39 is 0 Å². The summed E-state index contributed by atoms with van der Waals surface area (Å²) in [6.45, 7) is 9.24. The minimum atomic E-state index is 0.328. The van der Waals surface area contributed by atoms with E-state index in [1.54, 1.807) is 7.11 Å². The molecule has 3 N–H and O–H groups in total. The Kier molecular flexibility index (Phi) is 7.15. The average molecular weight is 202 g/mol. The van der Waals surface area contributed by atoms with Crippen LogP contribution in [-0.4, -0.2) is 32.8 Å². The van der Waals surface area contributed by atoms with Gasteiger partial charge in [0.25, 0.3) is 0 Å². The third kappa shape index (κ3) is 8.48. The van der Waals surface area contributed by atoms with Crippen molar-refractivity contribution in [3.05, 3.63) is 0 Å². The predicted octanol–water partition coefficient (Wildman–Crippen LogP) is 1.38. The lowest BCUT2D eigenvalue weighted by Crippen LogP contribution is -2.38. The number of nitrogens with two attached hydrogens (primary N) is 1. The summed E-state index contributed by atoms with van der Waals surface area (Å²) in [5.74, 6) is 0. The Bertz CT molecular complexity index is 132. The summed E-state index contributed by atoms with van der Waals surface area (Å²) in [4.78, 5) is 0. The predicted molar refractivity (Wildman–Crippen MR) is 61.4 cm³/mol. The molecule has 0 spiro atoms. The quantitative estimate of drug-likeness (QED) is 0.655. The van der Waals surface area contributed by atoms with Gasteiger partial charge in [-0.05, 0) is 24.8 Å². The van der Waals surface area contributed by atoms with Crippen molar-refractivity contribution >= 4 is 0 Å². The number of hydrogen-bond acceptors (Lipinski definition) is 3. The molecular weight excluding hydrogens is 176 g/mol. The highest BCUT2D eigenvalue weighted by Crippen LogP contribution is 2.11. The molecule has 1 atom stereocenters. The van der Waals surface area contributed by atoms with E-state index in [0.29, 0.717) is 11.5 Å². The van der Waals surface area contributed by atoms with Crippen LogP contribution in [0.2, 0.25) is 0 Å². The summed E-state index contributed by atoms with van der Waals surface area (Å²) in [5, 5.41) is 3.51. The fraction of sp³-hybridized carbons (Fsp3) is 1.00. The lowest BCUT2D eigenvalue weighted by atomic mass is 9.96. The molecule has 0 aromatic carbocycles. The van der Waals surface area contributed by atoms with Gasteiger partial charge in [0.05, 0.1) is 6.61 Å². The van der Waals surface area contributed by atoms with Crippen LogP contribution in [0, 0.1) is 5.41 Å². The van der Waals surface area contributed by atoms with Gasteiger partial charge in [0, 0.05) is 19.7 Å². The van der Waals surface area contributed by atoms with E-state index in [0.717, 1.165) is 32.5 Å². The van der Waals surface area contributed by atoms with E-state index in [1.807, 2.05) is 0 Å². The summed E-state index contributed by atoms with van der Waals surface area (Å²) in [6.07, 6.45) is 2.16. The molecule has 0 aliphatic heterocycles. The van der Waals surface area contributed by atoms with Gasteiger partial charge in [-0.15, -0.1) is 0 Å². The highest BCUT2D eigenvalue weighted by molar-refractivity contribution is 4.72. The maximum Gasteiger partial charge on any atom is 0.0615 e. The first kappa shape index (κ1) is 13.9. The van der Waals surface area contributed by atoms with Crippen LogP contribution >= 0.6 is 0 Å². The molecule has 86 valence electrons. The molecule has 0 radical (unpaired) electrons. The summed E-state index contributed by atoms with van der Waals surface area (Å²) < 4.78 is 5.16. The van der Waals surface area contributed by atoms with Gasteiger partial charge >= 0.3 is 0 Å². The first-order valence-corrected chi connectivity index (χ1v) is 5.42. The topological polar surface area (TPSA) is 47.3 Å². The normalized spacial score (nSPS) is 14.4. The molecule has 3 heteroatoms. The largest absolute Gasteiger partial charge is 0.383 e. The van der Waals surface area contributed by atoms with Crippen molar-refractivity contribution in [2.75, 3.05) is 26.8 Å². The van der Waals surface area contributed by atoms with Crippen molar-refractivity contribution in [3.63, 3.8) is 0 Å². The zero-order valence-electron chi connectivity index (χ0n) is 10.1. The molecule has 0 heterocycles. The number of methoxy groups -OCH3 is 1. The minimum absolute atomic E-state index is 0.328. The molecule has 0 bridgehead atoms. The van der Waals surface area contributed by atoms with Crippen molar-refractivity contribution in [1.29, 1.82) is 0 Å². The molecule has 0 saturated carbocycles. The molecule has 0 aliphatic rings. The van der Waals surface area contributed by atoms with Crippen molar-refractivity contribution in [2.24, 2.45) is 11.1 Å². The monoisotopic (exact) mass is 202 g/mol. The molecule has 1 unspecified atom stereocenters.